The molecule has 1 saturated heterocycles. The molecule has 1 unspecified atom stereocenters. The lowest BCUT2D eigenvalue weighted by Crippen LogP contribution is -2.37. The number of hydrogen-bond donors (Lipinski definition) is 1. The van der Waals surface area contributed by atoms with Crippen molar-refractivity contribution in [2.45, 2.75) is 18.9 Å². The molecule has 0 bridgehead atoms. The first kappa shape index (κ1) is 17.9. The monoisotopic (exact) mass is 375 g/mol. The normalized spacial score (nSPS) is 16.4. The third-order valence-corrected chi connectivity index (χ3v) is 4.89. The minimum Gasteiger partial charge on any atom is -0.347 e. The Balaban J connectivity index is 1.35. The molecular weight excluding hydrogens is 354 g/mol. The maximum atomic E-state index is 12.6. The summed E-state index contributed by atoms with van der Waals surface area (Å²) >= 11 is 0. The zero-order valence-electron chi connectivity index (χ0n) is 15.4. The molecule has 2 heterocycles. The fourth-order valence-electron chi connectivity index (χ4n) is 3.40. The van der Waals surface area contributed by atoms with Crippen LogP contribution in [-0.4, -0.2) is 50.6 Å². The number of hydrogen-bond acceptors (Lipinski definition) is 4. The van der Waals surface area contributed by atoms with Gasteiger partial charge in [-0.1, -0.05) is 36.4 Å². The molecule has 1 atom stereocenters. The van der Waals surface area contributed by atoms with Gasteiger partial charge in [0.2, 0.25) is 5.91 Å². The average molecular weight is 375 g/mol. The van der Waals surface area contributed by atoms with Gasteiger partial charge in [-0.25, -0.2) is 0 Å². The predicted octanol–water partition coefficient (Wildman–Crippen LogP) is 1.84. The van der Waals surface area contributed by atoms with E-state index in [1.807, 2.05) is 35.2 Å². The Morgan fingerprint density at radius 3 is 2.64 bits per heavy atom. The second kappa shape index (κ2) is 8.04. The first-order valence-corrected chi connectivity index (χ1v) is 9.27. The van der Waals surface area contributed by atoms with Gasteiger partial charge in [0.05, 0.1) is 6.04 Å². The molecule has 0 spiro atoms. The zero-order chi connectivity index (χ0) is 19.3. The molecule has 1 N–H and O–H groups in total. The minimum atomic E-state index is -0.183. The molecule has 1 aromatic heterocycles. The van der Waals surface area contributed by atoms with Gasteiger partial charge in [-0.3, -0.25) is 14.2 Å². The zero-order valence-corrected chi connectivity index (χ0v) is 15.4. The van der Waals surface area contributed by atoms with E-state index in [0.717, 1.165) is 12.1 Å². The van der Waals surface area contributed by atoms with Gasteiger partial charge in [-0.05, 0) is 30.2 Å². The van der Waals surface area contributed by atoms with E-state index in [4.69, 9.17) is 0 Å². The van der Waals surface area contributed by atoms with Crippen molar-refractivity contribution in [1.82, 2.24) is 25.0 Å². The van der Waals surface area contributed by atoms with Crippen molar-refractivity contribution in [1.29, 1.82) is 0 Å². The number of carbonyl (C=O) groups excluding carboxylic acids is 2. The fourth-order valence-corrected chi connectivity index (χ4v) is 3.40. The standard InChI is InChI=1S/C21H21N5O2/c27-20-12-18(13-25(20)10-9-16-5-2-1-3-6-16)24-21(28)17-7-4-8-19(11-17)26-14-22-23-15-26/h1-8,11,14-15,18H,9-10,12-13H2,(H,24,28). The van der Waals surface area contributed by atoms with E-state index in [9.17, 15) is 9.59 Å². The third-order valence-electron chi connectivity index (χ3n) is 4.89. The molecule has 0 aliphatic carbocycles. The first-order valence-electron chi connectivity index (χ1n) is 9.27. The molecule has 7 nitrogen and oxygen atoms in total. The van der Waals surface area contributed by atoms with Crippen LogP contribution >= 0.6 is 0 Å². The van der Waals surface area contributed by atoms with Gasteiger partial charge in [0.1, 0.15) is 12.7 Å². The van der Waals surface area contributed by atoms with E-state index in [2.05, 4.69) is 27.6 Å². The van der Waals surface area contributed by atoms with Crippen LogP contribution < -0.4 is 5.32 Å². The second-order valence-corrected chi connectivity index (χ2v) is 6.87. The van der Waals surface area contributed by atoms with Crippen molar-refractivity contribution >= 4 is 11.8 Å². The number of amides is 2. The number of likely N-dealkylation sites (tertiary alicyclic amines) is 1. The number of rotatable bonds is 6. The van der Waals surface area contributed by atoms with Crippen LogP contribution in [0.15, 0.2) is 67.3 Å². The molecule has 1 fully saturated rings. The summed E-state index contributed by atoms with van der Waals surface area (Å²) in [7, 11) is 0. The van der Waals surface area contributed by atoms with Crippen LogP contribution in [0.2, 0.25) is 0 Å². The third kappa shape index (κ3) is 4.09. The molecule has 7 heteroatoms. The Kier molecular flexibility index (Phi) is 5.14. The highest BCUT2D eigenvalue weighted by atomic mass is 16.2. The van der Waals surface area contributed by atoms with Gasteiger partial charge in [0.15, 0.2) is 0 Å². The van der Waals surface area contributed by atoms with E-state index in [1.54, 1.807) is 29.4 Å². The minimum absolute atomic E-state index is 0.0828. The smallest absolute Gasteiger partial charge is 0.251 e. The predicted molar refractivity (Wildman–Crippen MR) is 104 cm³/mol. The van der Waals surface area contributed by atoms with Crippen molar-refractivity contribution in [2.75, 3.05) is 13.1 Å². The summed E-state index contributed by atoms with van der Waals surface area (Å²) in [6.45, 7) is 1.21. The molecule has 1 aliphatic heterocycles. The van der Waals surface area contributed by atoms with Crippen LogP contribution in [0.3, 0.4) is 0 Å². The van der Waals surface area contributed by atoms with E-state index < -0.39 is 0 Å². The van der Waals surface area contributed by atoms with Gasteiger partial charge < -0.3 is 10.2 Å². The second-order valence-electron chi connectivity index (χ2n) is 6.87. The summed E-state index contributed by atoms with van der Waals surface area (Å²) in [6.07, 6.45) is 4.31. The highest BCUT2D eigenvalue weighted by molar-refractivity contribution is 5.95. The van der Waals surface area contributed by atoms with E-state index in [-0.39, 0.29) is 17.9 Å². The molecule has 2 amide bonds. The summed E-state index contributed by atoms with van der Waals surface area (Å²) in [5, 5.41) is 10.5. The average Bonchev–Trinajstić information content (AvgIpc) is 3.37. The van der Waals surface area contributed by atoms with E-state index in [0.29, 0.717) is 25.1 Å². The van der Waals surface area contributed by atoms with Crippen molar-refractivity contribution < 1.29 is 9.59 Å². The maximum Gasteiger partial charge on any atom is 0.251 e. The van der Waals surface area contributed by atoms with Crippen LogP contribution in [0, 0.1) is 0 Å². The molecule has 0 saturated carbocycles. The Morgan fingerprint density at radius 2 is 1.86 bits per heavy atom. The van der Waals surface area contributed by atoms with Gasteiger partial charge in [0.25, 0.3) is 5.91 Å². The Morgan fingerprint density at radius 1 is 1.07 bits per heavy atom. The number of nitrogens with zero attached hydrogens (tertiary/aromatic N) is 4. The lowest BCUT2D eigenvalue weighted by molar-refractivity contribution is -0.127. The molecule has 1 aliphatic rings. The summed E-state index contributed by atoms with van der Waals surface area (Å²) in [6, 6.07) is 17.2. The SMILES string of the molecule is O=C(NC1CC(=O)N(CCc2ccccc2)C1)c1cccc(-n2cnnc2)c1. The van der Waals surface area contributed by atoms with Gasteiger partial charge in [-0.15, -0.1) is 10.2 Å². The number of aromatic nitrogens is 3. The van der Waals surface area contributed by atoms with Crippen molar-refractivity contribution in [3.8, 4) is 5.69 Å². The molecule has 0 radical (unpaired) electrons. The molecule has 28 heavy (non-hydrogen) atoms. The van der Waals surface area contributed by atoms with Crippen LogP contribution in [-0.2, 0) is 11.2 Å². The van der Waals surface area contributed by atoms with Crippen molar-refractivity contribution in [2.24, 2.45) is 0 Å². The van der Waals surface area contributed by atoms with E-state index in [1.165, 1.54) is 5.56 Å². The quantitative estimate of drug-likeness (QED) is 0.713. The molecule has 2 aromatic carbocycles. The van der Waals surface area contributed by atoms with Crippen molar-refractivity contribution in [3.05, 3.63) is 78.4 Å². The van der Waals surface area contributed by atoms with Gasteiger partial charge >= 0.3 is 0 Å². The highest BCUT2D eigenvalue weighted by Gasteiger charge is 2.30. The van der Waals surface area contributed by atoms with Crippen LogP contribution in [0.4, 0.5) is 0 Å². The highest BCUT2D eigenvalue weighted by Crippen LogP contribution is 2.15. The largest absolute Gasteiger partial charge is 0.347 e. The molecular formula is C21H21N5O2. The first-order chi connectivity index (χ1) is 13.7. The molecule has 142 valence electrons. The lowest BCUT2D eigenvalue weighted by atomic mass is 10.1. The topological polar surface area (TPSA) is 80.1 Å². The van der Waals surface area contributed by atoms with Crippen molar-refractivity contribution in [3.63, 3.8) is 0 Å². The Bertz CT molecular complexity index is 956. The summed E-state index contributed by atoms with van der Waals surface area (Å²) in [4.78, 5) is 26.7. The Hall–Kier alpha value is -3.48. The fraction of sp³-hybridized carbons (Fsp3) is 0.238. The van der Waals surface area contributed by atoms with E-state index >= 15 is 0 Å². The van der Waals surface area contributed by atoms with Crippen LogP contribution in [0.1, 0.15) is 22.3 Å². The van der Waals surface area contributed by atoms with Crippen LogP contribution in [0.5, 0.6) is 0 Å². The molecule has 4 rings (SSSR count). The number of benzene rings is 2. The Labute approximate surface area is 163 Å². The molecule has 3 aromatic rings. The number of carbonyl (C=O) groups is 2. The number of nitrogens with one attached hydrogen (secondary N) is 1. The van der Waals surface area contributed by atoms with Gasteiger partial charge in [-0.2, -0.15) is 0 Å². The van der Waals surface area contributed by atoms with Gasteiger partial charge in [0, 0.05) is 30.8 Å². The summed E-state index contributed by atoms with van der Waals surface area (Å²) < 4.78 is 1.74. The summed E-state index contributed by atoms with van der Waals surface area (Å²) in [5.74, 6) is -0.0999. The maximum absolute atomic E-state index is 12.6. The summed E-state index contributed by atoms with van der Waals surface area (Å²) in [5.41, 5.74) is 2.56. The van der Waals surface area contributed by atoms with Crippen LogP contribution in [0.25, 0.3) is 5.69 Å². The lowest BCUT2D eigenvalue weighted by Gasteiger charge is -2.17.